The van der Waals surface area contributed by atoms with Gasteiger partial charge >= 0.3 is 0 Å². The van der Waals surface area contributed by atoms with Gasteiger partial charge in [0.15, 0.2) is 0 Å². The Labute approximate surface area is 144 Å². The molecule has 6 nitrogen and oxygen atoms in total. The van der Waals surface area contributed by atoms with E-state index in [1.165, 1.54) is 0 Å². The largest absolute Gasteiger partial charge is 0.416 e. The molecule has 0 spiro atoms. The van der Waals surface area contributed by atoms with Crippen LogP contribution >= 0.6 is 10.7 Å². The van der Waals surface area contributed by atoms with E-state index in [1.54, 1.807) is 25.5 Å². The quantitative estimate of drug-likeness (QED) is 0.663. The van der Waals surface area contributed by atoms with E-state index in [1.807, 2.05) is 31.2 Å². The van der Waals surface area contributed by atoms with E-state index in [2.05, 4.69) is 10.2 Å². The van der Waals surface area contributed by atoms with Crippen molar-refractivity contribution in [1.29, 1.82) is 0 Å². The van der Waals surface area contributed by atoms with Gasteiger partial charge in [0.05, 0.1) is 5.56 Å². The van der Waals surface area contributed by atoms with E-state index in [9.17, 15) is 8.42 Å². The number of rotatable bonds is 3. The van der Waals surface area contributed by atoms with Crippen LogP contribution in [0.3, 0.4) is 0 Å². The van der Waals surface area contributed by atoms with E-state index < -0.39 is 9.05 Å². The van der Waals surface area contributed by atoms with Crippen molar-refractivity contribution in [1.82, 2.24) is 14.8 Å². The molecule has 0 radical (unpaired) electrons. The highest BCUT2D eigenvalue weighted by atomic mass is 35.7. The predicted molar refractivity (Wildman–Crippen MR) is 91.4 cm³/mol. The molecule has 0 aliphatic carbocycles. The second-order valence-corrected chi connectivity index (χ2v) is 8.15. The highest BCUT2D eigenvalue weighted by molar-refractivity contribution is 8.13. The Morgan fingerprint density at radius 3 is 2.17 bits per heavy atom. The standard InChI is InChI=1S/C16H16ClN3O3S/c1-9-5-7-12(8-6-9)15-18-19-16(23-15)13-10(2)20(4)11(3)14(13)24(17,21)22/h5-8H,1-4H3. The smallest absolute Gasteiger partial charge is 0.263 e. The predicted octanol–water partition coefficient (Wildman–Crippen LogP) is 3.59. The van der Waals surface area contributed by atoms with Crippen LogP contribution in [0.5, 0.6) is 0 Å². The molecule has 2 aromatic heterocycles. The van der Waals surface area contributed by atoms with Crippen molar-refractivity contribution in [2.24, 2.45) is 7.05 Å². The maximum atomic E-state index is 12.0. The first kappa shape index (κ1) is 16.7. The average Bonchev–Trinajstić information content (AvgIpc) is 3.06. The van der Waals surface area contributed by atoms with Crippen LogP contribution in [-0.2, 0) is 16.1 Å². The minimum atomic E-state index is -3.95. The number of benzene rings is 1. The molecule has 0 aliphatic rings. The highest BCUT2D eigenvalue weighted by Crippen LogP contribution is 2.37. The van der Waals surface area contributed by atoms with Crippen LogP contribution in [0.15, 0.2) is 33.6 Å². The summed E-state index contributed by atoms with van der Waals surface area (Å²) in [6.45, 7) is 5.45. The number of nitrogens with zero attached hydrogens (tertiary/aromatic N) is 3. The first-order valence-electron chi connectivity index (χ1n) is 7.21. The molecular weight excluding hydrogens is 350 g/mol. The summed E-state index contributed by atoms with van der Waals surface area (Å²) in [5, 5.41) is 8.05. The molecule has 3 rings (SSSR count). The molecule has 8 heteroatoms. The van der Waals surface area contributed by atoms with Gasteiger partial charge in [-0.3, -0.25) is 0 Å². The van der Waals surface area contributed by atoms with Gasteiger partial charge in [-0.2, -0.15) is 0 Å². The third kappa shape index (κ3) is 2.74. The summed E-state index contributed by atoms with van der Waals surface area (Å²) in [4.78, 5) is 0.00303. The minimum absolute atomic E-state index is 0.00303. The second kappa shape index (κ2) is 5.75. The molecule has 0 aliphatic heterocycles. The van der Waals surface area contributed by atoms with E-state index in [-0.39, 0.29) is 10.8 Å². The lowest BCUT2D eigenvalue weighted by Crippen LogP contribution is -1.96. The Kier molecular flexibility index (Phi) is 4.01. The molecule has 0 fully saturated rings. The number of halogens is 1. The van der Waals surface area contributed by atoms with Crippen LogP contribution in [0.2, 0.25) is 0 Å². The van der Waals surface area contributed by atoms with Gasteiger partial charge in [-0.1, -0.05) is 17.7 Å². The Hall–Kier alpha value is -2.12. The Balaban J connectivity index is 2.18. The average molecular weight is 366 g/mol. The van der Waals surface area contributed by atoms with Crippen molar-refractivity contribution in [3.8, 4) is 22.9 Å². The number of aryl methyl sites for hydroxylation is 1. The fourth-order valence-corrected chi connectivity index (χ4v) is 4.14. The molecule has 1 aromatic carbocycles. The Bertz CT molecular complexity index is 1020. The van der Waals surface area contributed by atoms with Crippen LogP contribution in [0.1, 0.15) is 17.0 Å². The zero-order valence-electron chi connectivity index (χ0n) is 13.7. The summed E-state index contributed by atoms with van der Waals surface area (Å²) in [5.74, 6) is 0.454. The summed E-state index contributed by atoms with van der Waals surface area (Å²) in [7, 11) is 3.42. The van der Waals surface area contributed by atoms with Gasteiger partial charge in [0.25, 0.3) is 14.9 Å². The Morgan fingerprint density at radius 1 is 1.00 bits per heavy atom. The van der Waals surface area contributed by atoms with Crippen LogP contribution in [-0.4, -0.2) is 23.2 Å². The maximum Gasteiger partial charge on any atom is 0.263 e. The van der Waals surface area contributed by atoms with E-state index in [0.717, 1.165) is 11.1 Å². The monoisotopic (exact) mass is 365 g/mol. The van der Waals surface area contributed by atoms with Gasteiger partial charge in [0.1, 0.15) is 4.90 Å². The zero-order valence-corrected chi connectivity index (χ0v) is 15.2. The van der Waals surface area contributed by atoms with Gasteiger partial charge in [-0.15, -0.1) is 10.2 Å². The van der Waals surface area contributed by atoms with E-state index in [4.69, 9.17) is 15.1 Å². The molecule has 0 unspecified atom stereocenters. The first-order valence-corrected chi connectivity index (χ1v) is 9.52. The molecule has 0 amide bonds. The number of aromatic nitrogens is 3. The summed E-state index contributed by atoms with van der Waals surface area (Å²) < 4.78 is 31.4. The summed E-state index contributed by atoms with van der Waals surface area (Å²) in [6, 6.07) is 7.61. The van der Waals surface area contributed by atoms with Crippen molar-refractivity contribution in [2.45, 2.75) is 25.7 Å². The molecule has 0 saturated carbocycles. The van der Waals surface area contributed by atoms with Crippen molar-refractivity contribution in [3.05, 3.63) is 41.2 Å². The lowest BCUT2D eigenvalue weighted by atomic mass is 10.1. The molecule has 126 valence electrons. The molecule has 24 heavy (non-hydrogen) atoms. The first-order chi connectivity index (χ1) is 11.2. The molecule has 0 atom stereocenters. The third-order valence-electron chi connectivity index (χ3n) is 4.10. The van der Waals surface area contributed by atoms with Gasteiger partial charge in [-0.25, -0.2) is 8.42 Å². The number of hydrogen-bond donors (Lipinski definition) is 0. The van der Waals surface area contributed by atoms with Crippen LogP contribution in [0.4, 0.5) is 0 Å². The molecule has 0 bridgehead atoms. The van der Waals surface area contributed by atoms with Crippen molar-refractivity contribution in [3.63, 3.8) is 0 Å². The normalized spacial score (nSPS) is 11.9. The van der Waals surface area contributed by atoms with Gasteiger partial charge in [0, 0.05) is 34.7 Å². The lowest BCUT2D eigenvalue weighted by molar-refractivity contribution is 0.580. The molecule has 0 saturated heterocycles. The van der Waals surface area contributed by atoms with E-state index in [0.29, 0.717) is 22.8 Å². The summed E-state index contributed by atoms with van der Waals surface area (Å²) in [6.07, 6.45) is 0. The Morgan fingerprint density at radius 2 is 1.58 bits per heavy atom. The summed E-state index contributed by atoms with van der Waals surface area (Å²) >= 11 is 0. The second-order valence-electron chi connectivity index (χ2n) is 5.65. The lowest BCUT2D eigenvalue weighted by Gasteiger charge is -1.99. The van der Waals surface area contributed by atoms with Crippen LogP contribution < -0.4 is 0 Å². The van der Waals surface area contributed by atoms with Gasteiger partial charge in [0.2, 0.25) is 5.89 Å². The topological polar surface area (TPSA) is 78.0 Å². The zero-order chi connectivity index (χ0) is 17.6. The van der Waals surface area contributed by atoms with Crippen molar-refractivity contribution >= 4 is 19.7 Å². The molecule has 3 aromatic rings. The fourth-order valence-electron chi connectivity index (χ4n) is 2.60. The fraction of sp³-hybridized carbons (Fsp3) is 0.250. The van der Waals surface area contributed by atoms with Crippen LogP contribution in [0.25, 0.3) is 22.9 Å². The van der Waals surface area contributed by atoms with E-state index >= 15 is 0 Å². The minimum Gasteiger partial charge on any atom is -0.416 e. The molecule has 2 heterocycles. The highest BCUT2D eigenvalue weighted by Gasteiger charge is 2.29. The van der Waals surface area contributed by atoms with Crippen molar-refractivity contribution < 1.29 is 12.8 Å². The van der Waals surface area contributed by atoms with Gasteiger partial charge < -0.3 is 8.98 Å². The molecule has 0 N–H and O–H groups in total. The summed E-state index contributed by atoms with van der Waals surface area (Å²) in [5.41, 5.74) is 3.43. The SMILES string of the molecule is Cc1ccc(-c2nnc(-c3c(S(=O)(=O)Cl)c(C)n(C)c3C)o2)cc1. The third-order valence-corrected chi connectivity index (χ3v) is 5.55. The molecular formula is C16H16ClN3O3S. The maximum absolute atomic E-state index is 12.0. The van der Waals surface area contributed by atoms with Crippen molar-refractivity contribution in [2.75, 3.05) is 0 Å². The number of hydrogen-bond acceptors (Lipinski definition) is 5. The van der Waals surface area contributed by atoms with Gasteiger partial charge in [-0.05, 0) is 32.9 Å². The van der Waals surface area contributed by atoms with Crippen LogP contribution in [0, 0.1) is 20.8 Å².